The van der Waals surface area contributed by atoms with E-state index in [9.17, 15) is 0 Å². The molecule has 1 saturated carbocycles. The molecule has 0 amide bonds. The number of nitrogens with two attached hydrogens (primary N) is 1. The summed E-state index contributed by atoms with van der Waals surface area (Å²) < 4.78 is 1.05. The Hall–Kier alpha value is -0.660. The van der Waals surface area contributed by atoms with E-state index in [0.29, 0.717) is 11.8 Å². The molecule has 0 bridgehead atoms. The minimum atomic E-state index is 0.292. The van der Waals surface area contributed by atoms with Crippen LogP contribution in [0, 0.1) is 16.7 Å². The summed E-state index contributed by atoms with van der Waals surface area (Å²) in [6.45, 7) is 0. The summed E-state index contributed by atoms with van der Waals surface area (Å²) in [4.78, 5) is 1.21. The third-order valence-corrected chi connectivity index (χ3v) is 5.24. The minimum absolute atomic E-state index is 0.292. The lowest BCUT2D eigenvalue weighted by molar-refractivity contribution is 0.604. The summed E-state index contributed by atoms with van der Waals surface area (Å²) in [6, 6.07) is 8.16. The van der Waals surface area contributed by atoms with Crippen LogP contribution < -0.4 is 5.73 Å². The Morgan fingerprint density at radius 3 is 2.81 bits per heavy atom. The molecule has 84 valence electrons. The minimum Gasteiger partial charge on any atom is -0.399 e. The summed E-state index contributed by atoms with van der Waals surface area (Å²) >= 11 is 5.32. The molecule has 1 aromatic carbocycles. The van der Waals surface area contributed by atoms with E-state index in [4.69, 9.17) is 11.0 Å². The average Bonchev–Trinajstić information content (AvgIpc) is 2.98. The van der Waals surface area contributed by atoms with Crippen LogP contribution in [0.4, 0.5) is 5.69 Å². The van der Waals surface area contributed by atoms with Gasteiger partial charge in [0.15, 0.2) is 0 Å². The number of hydrogen-bond donors (Lipinski definition) is 1. The fourth-order valence-electron chi connectivity index (χ4n) is 1.58. The second kappa shape index (κ2) is 4.68. The fourth-order valence-corrected chi connectivity index (χ4v) is 3.54. The molecule has 4 heteroatoms. The summed E-state index contributed by atoms with van der Waals surface area (Å²) in [5.41, 5.74) is 6.75. The number of thioether (sulfide) groups is 1. The van der Waals surface area contributed by atoms with Crippen molar-refractivity contribution < 1.29 is 0 Å². The van der Waals surface area contributed by atoms with Crippen molar-refractivity contribution in [1.82, 2.24) is 0 Å². The molecule has 0 atom stereocenters. The molecule has 1 aromatic rings. The molecular formula is C12H13BrN2S. The molecular weight excluding hydrogens is 284 g/mol. The van der Waals surface area contributed by atoms with Crippen molar-refractivity contribution in [1.29, 1.82) is 5.26 Å². The van der Waals surface area contributed by atoms with Crippen LogP contribution in [0.3, 0.4) is 0 Å². The first kappa shape index (κ1) is 11.8. The van der Waals surface area contributed by atoms with E-state index < -0.39 is 0 Å². The zero-order valence-corrected chi connectivity index (χ0v) is 11.3. The Balaban J connectivity index is 1.98. The highest BCUT2D eigenvalue weighted by atomic mass is 79.9. The first-order valence-corrected chi connectivity index (χ1v) is 6.98. The first-order chi connectivity index (χ1) is 7.65. The van der Waals surface area contributed by atoms with Crippen molar-refractivity contribution in [3.05, 3.63) is 22.7 Å². The maximum Gasteiger partial charge on any atom is 0.0627 e. The molecule has 0 aliphatic heterocycles. The van der Waals surface area contributed by atoms with E-state index in [2.05, 4.69) is 22.0 Å². The van der Waals surface area contributed by atoms with Crippen molar-refractivity contribution in [2.45, 2.75) is 24.2 Å². The van der Waals surface area contributed by atoms with Crippen LogP contribution in [-0.4, -0.2) is 5.75 Å². The van der Waals surface area contributed by atoms with Crippen molar-refractivity contribution in [3.63, 3.8) is 0 Å². The third-order valence-electron chi connectivity index (χ3n) is 2.90. The number of nitriles is 1. The summed E-state index contributed by atoms with van der Waals surface area (Å²) in [5, 5.41) is 8.75. The molecule has 0 spiro atoms. The Kier molecular flexibility index (Phi) is 3.46. The standard InChI is InChI=1S/C12H13BrN2S/c13-10-7-9(15)1-2-11(10)16-8-12(3-4-12)5-6-14/h1-2,7H,3-5,8,15H2. The van der Waals surface area contributed by atoms with Gasteiger partial charge in [0, 0.05) is 27.2 Å². The summed E-state index contributed by atoms with van der Waals surface area (Å²) in [5.74, 6) is 1.03. The van der Waals surface area contributed by atoms with Gasteiger partial charge in [-0.15, -0.1) is 11.8 Å². The van der Waals surface area contributed by atoms with Crippen LogP contribution in [-0.2, 0) is 0 Å². The van der Waals surface area contributed by atoms with Gasteiger partial charge in [0.25, 0.3) is 0 Å². The molecule has 16 heavy (non-hydrogen) atoms. The van der Waals surface area contributed by atoms with Gasteiger partial charge < -0.3 is 5.73 Å². The lowest BCUT2D eigenvalue weighted by atomic mass is 10.1. The number of nitrogen functional groups attached to an aromatic ring is 1. The number of rotatable bonds is 4. The van der Waals surface area contributed by atoms with E-state index in [0.717, 1.165) is 15.9 Å². The number of hydrogen-bond acceptors (Lipinski definition) is 3. The van der Waals surface area contributed by atoms with Gasteiger partial charge in [0.2, 0.25) is 0 Å². The van der Waals surface area contributed by atoms with Gasteiger partial charge in [0.05, 0.1) is 6.07 Å². The zero-order valence-electron chi connectivity index (χ0n) is 8.87. The lowest BCUT2D eigenvalue weighted by Crippen LogP contribution is -2.02. The molecule has 0 aromatic heterocycles. The first-order valence-electron chi connectivity index (χ1n) is 5.20. The van der Waals surface area contributed by atoms with Gasteiger partial charge in [0.1, 0.15) is 0 Å². The molecule has 1 aliphatic carbocycles. The van der Waals surface area contributed by atoms with Gasteiger partial charge in [-0.05, 0) is 52.4 Å². The molecule has 2 nitrogen and oxygen atoms in total. The van der Waals surface area contributed by atoms with Crippen molar-refractivity contribution in [2.24, 2.45) is 5.41 Å². The van der Waals surface area contributed by atoms with Crippen molar-refractivity contribution in [2.75, 3.05) is 11.5 Å². The van der Waals surface area contributed by atoms with Gasteiger partial charge in [-0.25, -0.2) is 0 Å². The third kappa shape index (κ3) is 2.72. The second-order valence-corrected chi connectivity index (χ2v) is 6.18. The van der Waals surface area contributed by atoms with E-state index in [1.165, 1.54) is 17.7 Å². The van der Waals surface area contributed by atoms with Crippen LogP contribution >= 0.6 is 27.7 Å². The molecule has 2 rings (SSSR count). The van der Waals surface area contributed by atoms with Gasteiger partial charge >= 0.3 is 0 Å². The molecule has 1 aliphatic rings. The van der Waals surface area contributed by atoms with Crippen LogP contribution in [0.25, 0.3) is 0 Å². The van der Waals surface area contributed by atoms with E-state index in [1.807, 2.05) is 30.0 Å². The molecule has 0 saturated heterocycles. The molecule has 1 fully saturated rings. The quantitative estimate of drug-likeness (QED) is 0.679. The summed E-state index contributed by atoms with van der Waals surface area (Å²) in [6.07, 6.45) is 3.08. The van der Waals surface area contributed by atoms with Crippen LogP contribution in [0.2, 0.25) is 0 Å². The largest absolute Gasteiger partial charge is 0.399 e. The molecule has 0 heterocycles. The zero-order chi connectivity index (χ0) is 11.6. The molecule has 0 radical (unpaired) electrons. The number of halogens is 1. The second-order valence-electron chi connectivity index (χ2n) is 4.31. The lowest BCUT2D eigenvalue weighted by Gasteiger charge is -2.11. The Labute approximate surface area is 108 Å². The van der Waals surface area contributed by atoms with Crippen LogP contribution in [0.15, 0.2) is 27.6 Å². The SMILES string of the molecule is N#CCC1(CSc2ccc(N)cc2Br)CC1. The Bertz CT molecular complexity index is 435. The maximum atomic E-state index is 8.75. The van der Waals surface area contributed by atoms with Crippen LogP contribution in [0.1, 0.15) is 19.3 Å². The Morgan fingerprint density at radius 2 is 2.25 bits per heavy atom. The highest BCUT2D eigenvalue weighted by molar-refractivity contribution is 9.10. The maximum absolute atomic E-state index is 8.75. The topological polar surface area (TPSA) is 49.8 Å². The van der Waals surface area contributed by atoms with E-state index in [-0.39, 0.29) is 0 Å². The van der Waals surface area contributed by atoms with E-state index >= 15 is 0 Å². The number of anilines is 1. The molecule has 0 unspecified atom stereocenters. The molecule has 2 N–H and O–H groups in total. The summed E-state index contributed by atoms with van der Waals surface area (Å²) in [7, 11) is 0. The smallest absolute Gasteiger partial charge is 0.0627 e. The average molecular weight is 297 g/mol. The monoisotopic (exact) mass is 296 g/mol. The number of nitrogens with zero attached hydrogens (tertiary/aromatic N) is 1. The van der Waals surface area contributed by atoms with Gasteiger partial charge in [-0.3, -0.25) is 0 Å². The van der Waals surface area contributed by atoms with Crippen LogP contribution in [0.5, 0.6) is 0 Å². The fraction of sp³-hybridized carbons (Fsp3) is 0.417. The predicted octanol–water partition coefficient (Wildman–Crippen LogP) is 3.82. The van der Waals surface area contributed by atoms with Gasteiger partial charge in [-0.1, -0.05) is 0 Å². The Morgan fingerprint density at radius 1 is 1.50 bits per heavy atom. The number of benzene rings is 1. The highest BCUT2D eigenvalue weighted by Gasteiger charge is 2.42. The van der Waals surface area contributed by atoms with Crippen molar-refractivity contribution in [3.8, 4) is 6.07 Å². The highest BCUT2D eigenvalue weighted by Crippen LogP contribution is 2.52. The van der Waals surface area contributed by atoms with E-state index in [1.54, 1.807) is 0 Å². The van der Waals surface area contributed by atoms with Gasteiger partial charge in [-0.2, -0.15) is 5.26 Å². The van der Waals surface area contributed by atoms with Crippen molar-refractivity contribution >= 4 is 33.4 Å². The normalized spacial score (nSPS) is 16.8. The predicted molar refractivity (Wildman–Crippen MR) is 71.2 cm³/mol.